The van der Waals surface area contributed by atoms with Gasteiger partial charge in [0.2, 0.25) is 0 Å². The van der Waals surface area contributed by atoms with Crippen LogP contribution in [0.15, 0.2) is 18.2 Å². The van der Waals surface area contributed by atoms with Crippen molar-refractivity contribution in [2.75, 3.05) is 13.1 Å². The quantitative estimate of drug-likeness (QED) is 0.744. The van der Waals surface area contributed by atoms with Crippen LogP contribution in [0.25, 0.3) is 0 Å². The van der Waals surface area contributed by atoms with Gasteiger partial charge in [0, 0.05) is 12.6 Å². The van der Waals surface area contributed by atoms with Gasteiger partial charge in [-0.1, -0.05) is 12.5 Å². The first kappa shape index (κ1) is 12.9. The van der Waals surface area contributed by atoms with Crippen molar-refractivity contribution in [2.45, 2.75) is 32.2 Å². The Morgan fingerprint density at radius 1 is 1.44 bits per heavy atom. The largest absolute Gasteiger partial charge is 0.507 e. The molecule has 1 fully saturated rings. The molecule has 0 radical (unpaired) electrons. The van der Waals surface area contributed by atoms with Crippen molar-refractivity contribution in [3.8, 4) is 5.75 Å². The van der Waals surface area contributed by atoms with Crippen molar-refractivity contribution >= 4 is 5.91 Å². The van der Waals surface area contributed by atoms with Crippen molar-refractivity contribution in [1.29, 1.82) is 0 Å². The molecule has 2 rings (SSSR count). The highest BCUT2D eigenvalue weighted by Gasteiger charge is 2.17. The summed E-state index contributed by atoms with van der Waals surface area (Å²) >= 11 is 0. The molecule has 1 aliphatic heterocycles. The Morgan fingerprint density at radius 2 is 2.28 bits per heavy atom. The number of hydrogen-bond donors (Lipinski definition) is 3. The lowest BCUT2D eigenvalue weighted by Crippen LogP contribution is -2.40. The van der Waals surface area contributed by atoms with E-state index in [0.717, 1.165) is 37.9 Å². The van der Waals surface area contributed by atoms with E-state index in [1.807, 2.05) is 13.0 Å². The van der Waals surface area contributed by atoms with E-state index in [9.17, 15) is 9.90 Å². The van der Waals surface area contributed by atoms with Gasteiger partial charge in [-0.15, -0.1) is 0 Å². The van der Waals surface area contributed by atoms with Gasteiger partial charge in [-0.05, 0) is 44.0 Å². The summed E-state index contributed by atoms with van der Waals surface area (Å²) in [5.41, 5.74) is 1.30. The molecule has 1 amide bonds. The van der Waals surface area contributed by atoms with Crippen LogP contribution in [0.5, 0.6) is 5.75 Å². The van der Waals surface area contributed by atoms with Crippen LogP contribution in [0.3, 0.4) is 0 Å². The third-order valence-corrected chi connectivity index (χ3v) is 3.28. The zero-order valence-electron chi connectivity index (χ0n) is 10.7. The third kappa shape index (κ3) is 3.23. The van der Waals surface area contributed by atoms with Crippen LogP contribution in [0, 0.1) is 6.92 Å². The molecule has 98 valence electrons. The molecule has 0 saturated carbocycles. The number of phenolic OH excluding ortho intramolecular Hbond substituents is 1. The van der Waals surface area contributed by atoms with Crippen molar-refractivity contribution in [2.24, 2.45) is 0 Å². The standard InChI is InChI=1S/C14H20N2O2/c1-10-5-6-12(13(17)8-10)14(18)16-11-4-2-3-7-15-9-11/h5-6,8,11,15,17H,2-4,7,9H2,1H3,(H,16,18). The average Bonchev–Trinajstić information content (AvgIpc) is 2.57. The summed E-state index contributed by atoms with van der Waals surface area (Å²) in [6.07, 6.45) is 3.27. The third-order valence-electron chi connectivity index (χ3n) is 3.28. The predicted molar refractivity (Wildman–Crippen MR) is 70.8 cm³/mol. The Bertz CT molecular complexity index is 424. The van der Waals surface area contributed by atoms with Crippen LogP contribution >= 0.6 is 0 Å². The van der Waals surface area contributed by atoms with Gasteiger partial charge < -0.3 is 15.7 Å². The van der Waals surface area contributed by atoms with Crippen LogP contribution in [0.2, 0.25) is 0 Å². The molecule has 1 aromatic rings. The van der Waals surface area contributed by atoms with Crippen molar-refractivity contribution in [3.05, 3.63) is 29.3 Å². The molecule has 4 nitrogen and oxygen atoms in total. The fourth-order valence-corrected chi connectivity index (χ4v) is 2.24. The minimum absolute atomic E-state index is 0.0501. The Kier molecular flexibility index (Phi) is 4.20. The topological polar surface area (TPSA) is 61.4 Å². The van der Waals surface area contributed by atoms with Crippen LogP contribution in [-0.4, -0.2) is 30.1 Å². The molecule has 0 aromatic heterocycles. The first-order chi connectivity index (χ1) is 8.66. The highest BCUT2D eigenvalue weighted by molar-refractivity contribution is 5.97. The van der Waals surface area contributed by atoms with Gasteiger partial charge in [0.05, 0.1) is 5.56 Å². The molecule has 4 heteroatoms. The number of carbonyl (C=O) groups is 1. The van der Waals surface area contributed by atoms with Gasteiger partial charge in [-0.3, -0.25) is 4.79 Å². The molecule has 0 bridgehead atoms. The summed E-state index contributed by atoms with van der Waals surface area (Å²) < 4.78 is 0. The second kappa shape index (κ2) is 5.87. The Morgan fingerprint density at radius 3 is 3.06 bits per heavy atom. The monoisotopic (exact) mass is 248 g/mol. The molecule has 1 atom stereocenters. The number of carbonyl (C=O) groups excluding carboxylic acids is 1. The Hall–Kier alpha value is -1.55. The first-order valence-corrected chi connectivity index (χ1v) is 6.48. The summed E-state index contributed by atoms with van der Waals surface area (Å²) in [5.74, 6) is -0.143. The SMILES string of the molecule is Cc1ccc(C(=O)NC2CCCCNC2)c(O)c1. The van der Waals surface area contributed by atoms with E-state index in [1.165, 1.54) is 0 Å². The van der Waals surface area contributed by atoms with E-state index < -0.39 is 0 Å². The lowest BCUT2D eigenvalue weighted by molar-refractivity contribution is 0.0933. The number of hydrogen-bond acceptors (Lipinski definition) is 3. The second-order valence-corrected chi connectivity index (χ2v) is 4.89. The van der Waals surface area contributed by atoms with Crippen LogP contribution in [0.1, 0.15) is 35.2 Å². The van der Waals surface area contributed by atoms with Gasteiger partial charge in [-0.2, -0.15) is 0 Å². The summed E-state index contributed by atoms with van der Waals surface area (Å²) in [7, 11) is 0. The van der Waals surface area contributed by atoms with Gasteiger partial charge in [0.25, 0.3) is 5.91 Å². The van der Waals surface area contributed by atoms with E-state index in [2.05, 4.69) is 10.6 Å². The smallest absolute Gasteiger partial charge is 0.255 e. The van der Waals surface area contributed by atoms with E-state index in [0.29, 0.717) is 5.56 Å². The van der Waals surface area contributed by atoms with Crippen molar-refractivity contribution in [1.82, 2.24) is 10.6 Å². The highest BCUT2D eigenvalue weighted by atomic mass is 16.3. The van der Waals surface area contributed by atoms with E-state index in [4.69, 9.17) is 0 Å². The van der Waals surface area contributed by atoms with Gasteiger partial charge in [-0.25, -0.2) is 0 Å². The van der Waals surface area contributed by atoms with Crippen molar-refractivity contribution in [3.63, 3.8) is 0 Å². The van der Waals surface area contributed by atoms with Crippen molar-refractivity contribution < 1.29 is 9.90 Å². The minimum Gasteiger partial charge on any atom is -0.507 e. The molecule has 1 aromatic carbocycles. The number of aromatic hydroxyl groups is 1. The molecule has 1 aliphatic rings. The molecule has 0 aliphatic carbocycles. The molecular formula is C14H20N2O2. The number of aryl methyl sites for hydroxylation is 1. The summed E-state index contributed by atoms with van der Waals surface area (Å²) in [5, 5.41) is 16.0. The van der Waals surface area contributed by atoms with Crippen LogP contribution in [0.4, 0.5) is 0 Å². The number of rotatable bonds is 2. The normalized spacial score (nSPS) is 20.2. The second-order valence-electron chi connectivity index (χ2n) is 4.89. The molecule has 1 saturated heterocycles. The average molecular weight is 248 g/mol. The van der Waals surface area contributed by atoms with Crippen LogP contribution < -0.4 is 10.6 Å². The predicted octanol–water partition coefficient (Wildman–Crippen LogP) is 1.57. The molecule has 18 heavy (non-hydrogen) atoms. The van der Waals surface area contributed by atoms with Gasteiger partial charge >= 0.3 is 0 Å². The summed E-state index contributed by atoms with van der Waals surface area (Å²) in [6, 6.07) is 5.27. The number of benzene rings is 1. The lowest BCUT2D eigenvalue weighted by atomic mass is 10.1. The fraction of sp³-hybridized carbons (Fsp3) is 0.500. The maximum absolute atomic E-state index is 12.1. The fourth-order valence-electron chi connectivity index (χ4n) is 2.24. The van der Waals surface area contributed by atoms with E-state index in [-0.39, 0.29) is 17.7 Å². The lowest BCUT2D eigenvalue weighted by Gasteiger charge is -2.16. The zero-order chi connectivity index (χ0) is 13.0. The molecule has 0 spiro atoms. The molecule has 1 unspecified atom stereocenters. The van der Waals surface area contributed by atoms with E-state index >= 15 is 0 Å². The van der Waals surface area contributed by atoms with Gasteiger partial charge in [0.15, 0.2) is 0 Å². The zero-order valence-corrected chi connectivity index (χ0v) is 10.7. The van der Waals surface area contributed by atoms with Crippen LogP contribution in [-0.2, 0) is 0 Å². The first-order valence-electron chi connectivity index (χ1n) is 6.48. The highest BCUT2D eigenvalue weighted by Crippen LogP contribution is 2.18. The van der Waals surface area contributed by atoms with Gasteiger partial charge in [0.1, 0.15) is 5.75 Å². The maximum atomic E-state index is 12.1. The number of nitrogens with one attached hydrogen (secondary N) is 2. The maximum Gasteiger partial charge on any atom is 0.255 e. The molecule has 3 N–H and O–H groups in total. The Labute approximate surface area is 107 Å². The van der Waals surface area contributed by atoms with E-state index in [1.54, 1.807) is 12.1 Å². The summed E-state index contributed by atoms with van der Waals surface area (Å²) in [6.45, 7) is 3.71. The Balaban J connectivity index is 2.02. The minimum atomic E-state index is -0.193. The number of phenols is 1. The molecule has 1 heterocycles. The molecular weight excluding hydrogens is 228 g/mol. The summed E-state index contributed by atoms with van der Waals surface area (Å²) in [4.78, 5) is 12.1. The number of amides is 1.